The fraction of sp³-hybridized carbons (Fsp3) is 0.875. The summed E-state index contributed by atoms with van der Waals surface area (Å²) >= 11 is 0. The van der Waals surface area contributed by atoms with Gasteiger partial charge < -0.3 is 14.8 Å². The summed E-state index contributed by atoms with van der Waals surface area (Å²) in [6.07, 6.45) is 0.466. The van der Waals surface area contributed by atoms with E-state index < -0.39 is 16.7 Å². The lowest BCUT2D eigenvalue weighted by Crippen LogP contribution is -2.59. The second-order valence-electron chi connectivity index (χ2n) is 8.30. The maximum atomic E-state index is 12.9. The summed E-state index contributed by atoms with van der Waals surface area (Å²) in [6, 6.07) is -0.364. The maximum absolute atomic E-state index is 12.9. The van der Waals surface area contributed by atoms with Gasteiger partial charge in [-0.2, -0.15) is 0 Å². The number of hydrogen-bond acceptors (Lipinski definition) is 4. The summed E-state index contributed by atoms with van der Waals surface area (Å²) in [5.74, 6) is -0.217. The summed E-state index contributed by atoms with van der Waals surface area (Å²) in [4.78, 5) is 26.4. The van der Waals surface area contributed by atoms with Crippen molar-refractivity contribution in [3.8, 4) is 0 Å². The van der Waals surface area contributed by atoms with E-state index in [4.69, 9.17) is 9.47 Å². The monoisotopic (exact) mass is 312 g/mol. The van der Waals surface area contributed by atoms with Crippen molar-refractivity contribution in [2.24, 2.45) is 0 Å². The van der Waals surface area contributed by atoms with E-state index in [1.807, 2.05) is 48.5 Å². The molecule has 2 aliphatic heterocycles. The van der Waals surface area contributed by atoms with Crippen molar-refractivity contribution in [1.29, 1.82) is 0 Å². The maximum Gasteiger partial charge on any atom is 0.325 e. The van der Waals surface area contributed by atoms with Gasteiger partial charge in [0.15, 0.2) is 5.54 Å². The highest BCUT2D eigenvalue weighted by Gasteiger charge is 2.67. The van der Waals surface area contributed by atoms with Gasteiger partial charge in [-0.15, -0.1) is 0 Å². The van der Waals surface area contributed by atoms with Crippen LogP contribution in [0.3, 0.4) is 0 Å². The van der Waals surface area contributed by atoms with Gasteiger partial charge in [0.05, 0.1) is 30.0 Å². The number of nitrogens with one attached hydrogen (secondary N) is 1. The van der Waals surface area contributed by atoms with Gasteiger partial charge in [-0.05, 0) is 48.5 Å². The molecule has 0 bridgehead atoms. The minimum atomic E-state index is -0.991. The molecule has 0 aliphatic carbocycles. The molecule has 0 radical (unpaired) electrons. The summed E-state index contributed by atoms with van der Waals surface area (Å²) in [7, 11) is 0. The van der Waals surface area contributed by atoms with Crippen LogP contribution in [0, 0.1) is 0 Å². The van der Waals surface area contributed by atoms with Gasteiger partial charge in [-0.25, -0.2) is 4.79 Å². The lowest BCUT2D eigenvalue weighted by atomic mass is 9.79. The Kier molecular flexibility index (Phi) is 3.86. The zero-order chi connectivity index (χ0) is 17.0. The Bertz CT molecular complexity index is 493. The lowest BCUT2D eigenvalue weighted by Gasteiger charge is -2.33. The Labute approximate surface area is 132 Å². The number of imide groups is 1. The van der Waals surface area contributed by atoms with Gasteiger partial charge in [0.2, 0.25) is 0 Å². The fourth-order valence-electron chi connectivity index (χ4n) is 3.47. The first-order valence-electron chi connectivity index (χ1n) is 7.78. The highest BCUT2D eigenvalue weighted by molar-refractivity contribution is 6.08. The van der Waals surface area contributed by atoms with E-state index in [0.29, 0.717) is 13.0 Å². The van der Waals surface area contributed by atoms with E-state index in [-0.39, 0.29) is 24.1 Å². The highest BCUT2D eigenvalue weighted by Crippen LogP contribution is 2.47. The van der Waals surface area contributed by atoms with Crippen molar-refractivity contribution >= 4 is 11.9 Å². The number of urea groups is 1. The molecule has 0 aromatic rings. The van der Waals surface area contributed by atoms with Gasteiger partial charge in [-0.1, -0.05) is 0 Å². The molecule has 22 heavy (non-hydrogen) atoms. The standard InChI is InChI=1S/C16H28N2O4/c1-13(2,3)21-9-8-18-11(19)16(17-12(18)20)10-14(4,5)22-15(16,6)7/h8-10H2,1-7H3,(H,17,20)/t16-/m1/s1. The number of carbonyl (C=O) groups is 2. The summed E-state index contributed by atoms with van der Waals surface area (Å²) < 4.78 is 11.6. The normalized spacial score (nSPS) is 30.2. The SMILES string of the molecule is CC(C)(C)OCCN1C(=O)N[C@]2(CC(C)(C)OC2(C)C)C1=O. The van der Waals surface area contributed by atoms with E-state index in [0.717, 1.165) is 0 Å². The second-order valence-corrected chi connectivity index (χ2v) is 8.30. The van der Waals surface area contributed by atoms with Crippen molar-refractivity contribution in [2.45, 2.75) is 77.2 Å². The van der Waals surface area contributed by atoms with Crippen LogP contribution in [0.15, 0.2) is 0 Å². The van der Waals surface area contributed by atoms with E-state index in [9.17, 15) is 9.59 Å². The molecular weight excluding hydrogens is 284 g/mol. The van der Waals surface area contributed by atoms with Gasteiger partial charge in [0, 0.05) is 6.42 Å². The average molecular weight is 312 g/mol. The van der Waals surface area contributed by atoms with Crippen molar-refractivity contribution in [3.63, 3.8) is 0 Å². The van der Waals surface area contributed by atoms with Crippen LogP contribution in [0.1, 0.15) is 54.9 Å². The number of nitrogens with zero attached hydrogens (tertiary/aromatic N) is 1. The Morgan fingerprint density at radius 2 is 1.82 bits per heavy atom. The Hall–Kier alpha value is -1.14. The third kappa shape index (κ3) is 2.86. The Morgan fingerprint density at radius 3 is 2.27 bits per heavy atom. The predicted molar refractivity (Wildman–Crippen MR) is 82.5 cm³/mol. The van der Waals surface area contributed by atoms with Gasteiger partial charge in [-0.3, -0.25) is 9.69 Å². The quantitative estimate of drug-likeness (QED) is 0.810. The minimum Gasteiger partial charge on any atom is -0.374 e. The minimum absolute atomic E-state index is 0.217. The van der Waals surface area contributed by atoms with Gasteiger partial charge in [0.1, 0.15) is 0 Å². The molecule has 2 aliphatic rings. The van der Waals surface area contributed by atoms with E-state index in [1.165, 1.54) is 4.90 Å². The fourth-order valence-corrected chi connectivity index (χ4v) is 3.47. The molecule has 2 saturated heterocycles. The molecule has 1 N–H and O–H groups in total. The number of amides is 3. The Balaban J connectivity index is 2.15. The zero-order valence-corrected chi connectivity index (χ0v) is 14.7. The number of carbonyl (C=O) groups excluding carboxylic acids is 2. The molecule has 3 amide bonds. The summed E-state index contributed by atoms with van der Waals surface area (Å²) in [6.45, 7) is 14.0. The molecule has 0 saturated carbocycles. The van der Waals surface area contributed by atoms with E-state index in [1.54, 1.807) is 0 Å². The van der Waals surface area contributed by atoms with Crippen LogP contribution in [0.4, 0.5) is 4.79 Å². The van der Waals surface area contributed by atoms with Gasteiger partial charge >= 0.3 is 6.03 Å². The molecule has 2 rings (SSSR count). The molecule has 1 spiro atoms. The van der Waals surface area contributed by atoms with Crippen molar-refractivity contribution in [3.05, 3.63) is 0 Å². The molecule has 2 fully saturated rings. The Morgan fingerprint density at radius 1 is 1.23 bits per heavy atom. The summed E-state index contributed by atoms with van der Waals surface area (Å²) in [5.41, 5.74) is -2.49. The molecule has 2 heterocycles. The van der Waals surface area contributed by atoms with Crippen LogP contribution in [0.5, 0.6) is 0 Å². The molecule has 0 unspecified atom stereocenters. The molecular formula is C16H28N2O4. The van der Waals surface area contributed by atoms with Crippen LogP contribution < -0.4 is 5.32 Å². The van der Waals surface area contributed by atoms with E-state index in [2.05, 4.69) is 5.32 Å². The molecule has 126 valence electrons. The van der Waals surface area contributed by atoms with Crippen LogP contribution >= 0.6 is 0 Å². The molecule has 6 nitrogen and oxygen atoms in total. The van der Waals surface area contributed by atoms with Crippen LogP contribution in [-0.2, 0) is 14.3 Å². The second kappa shape index (κ2) is 4.93. The van der Waals surface area contributed by atoms with Crippen molar-refractivity contribution in [1.82, 2.24) is 10.2 Å². The van der Waals surface area contributed by atoms with E-state index >= 15 is 0 Å². The van der Waals surface area contributed by atoms with Crippen molar-refractivity contribution in [2.75, 3.05) is 13.2 Å². The van der Waals surface area contributed by atoms with Gasteiger partial charge in [0.25, 0.3) is 5.91 Å². The number of hydrogen-bond donors (Lipinski definition) is 1. The third-order valence-electron chi connectivity index (χ3n) is 4.28. The van der Waals surface area contributed by atoms with Crippen LogP contribution in [0.25, 0.3) is 0 Å². The van der Waals surface area contributed by atoms with Crippen LogP contribution in [-0.4, -0.2) is 52.3 Å². The first-order valence-corrected chi connectivity index (χ1v) is 7.78. The number of rotatable bonds is 3. The molecule has 0 aromatic heterocycles. The van der Waals surface area contributed by atoms with Crippen LogP contribution in [0.2, 0.25) is 0 Å². The molecule has 6 heteroatoms. The first-order chi connectivity index (χ1) is 9.80. The smallest absolute Gasteiger partial charge is 0.325 e. The predicted octanol–water partition coefficient (Wildman–Crippen LogP) is 2.07. The zero-order valence-electron chi connectivity index (χ0n) is 14.7. The molecule has 1 atom stereocenters. The topological polar surface area (TPSA) is 67.9 Å². The largest absolute Gasteiger partial charge is 0.374 e. The first kappa shape index (κ1) is 17.2. The molecule has 0 aromatic carbocycles. The highest BCUT2D eigenvalue weighted by atomic mass is 16.5. The average Bonchev–Trinajstić information content (AvgIpc) is 2.61. The third-order valence-corrected chi connectivity index (χ3v) is 4.28. The lowest BCUT2D eigenvalue weighted by molar-refractivity contribution is -0.139. The van der Waals surface area contributed by atoms with Crippen molar-refractivity contribution < 1.29 is 19.1 Å². The number of ether oxygens (including phenoxy) is 2. The summed E-state index contributed by atoms with van der Waals surface area (Å²) in [5, 5.41) is 2.88.